The van der Waals surface area contributed by atoms with Gasteiger partial charge in [-0.15, -0.1) is 0 Å². The van der Waals surface area contributed by atoms with E-state index in [4.69, 9.17) is 16.3 Å². The summed E-state index contributed by atoms with van der Waals surface area (Å²) in [4.78, 5) is 28.2. The minimum absolute atomic E-state index is 0.109. The van der Waals surface area contributed by atoms with Gasteiger partial charge in [0, 0.05) is 20.2 Å². The molecule has 2 aliphatic heterocycles. The van der Waals surface area contributed by atoms with Crippen molar-refractivity contribution in [1.29, 1.82) is 0 Å². The molecule has 0 aromatic heterocycles. The van der Waals surface area contributed by atoms with Crippen LogP contribution in [0.5, 0.6) is 0 Å². The Kier molecular flexibility index (Phi) is 5.04. The predicted octanol–water partition coefficient (Wildman–Crippen LogP) is 0.436. The van der Waals surface area contributed by atoms with Gasteiger partial charge in [-0.3, -0.25) is 9.59 Å². The van der Waals surface area contributed by atoms with Gasteiger partial charge < -0.3 is 14.5 Å². The molecular weight excluding hydrogens is 368 g/mol. The van der Waals surface area contributed by atoms with Crippen LogP contribution in [0.4, 0.5) is 0 Å². The van der Waals surface area contributed by atoms with Gasteiger partial charge in [0.15, 0.2) is 9.84 Å². The molecule has 2 aliphatic rings. The van der Waals surface area contributed by atoms with Crippen molar-refractivity contribution in [2.24, 2.45) is 0 Å². The summed E-state index contributed by atoms with van der Waals surface area (Å²) in [5.41, 5.74) is 0.337. The summed E-state index contributed by atoms with van der Waals surface area (Å²) in [6, 6.07) is 5.56. The van der Waals surface area contributed by atoms with Crippen LogP contribution in [-0.4, -0.2) is 80.4 Å². The van der Waals surface area contributed by atoms with Crippen molar-refractivity contribution in [3.63, 3.8) is 0 Å². The zero-order valence-electron chi connectivity index (χ0n) is 13.7. The van der Waals surface area contributed by atoms with Gasteiger partial charge in [0.1, 0.15) is 6.61 Å². The summed E-state index contributed by atoms with van der Waals surface area (Å²) < 4.78 is 29.2. The lowest BCUT2D eigenvalue weighted by Gasteiger charge is -2.43. The Morgan fingerprint density at radius 3 is 2.40 bits per heavy atom. The minimum Gasteiger partial charge on any atom is -0.375 e. The third-order valence-corrected chi connectivity index (χ3v) is 6.66. The van der Waals surface area contributed by atoms with Crippen LogP contribution < -0.4 is 0 Å². The Bertz CT molecular complexity index is 797. The lowest BCUT2D eigenvalue weighted by Crippen LogP contribution is -2.62. The Morgan fingerprint density at radius 2 is 1.76 bits per heavy atom. The van der Waals surface area contributed by atoms with E-state index in [1.54, 1.807) is 24.3 Å². The highest BCUT2D eigenvalue weighted by Crippen LogP contribution is 2.29. The van der Waals surface area contributed by atoms with Crippen LogP contribution in [0.1, 0.15) is 10.4 Å². The molecule has 0 saturated carbocycles. The number of hydrogen-bond donors (Lipinski definition) is 0. The summed E-state index contributed by atoms with van der Waals surface area (Å²) in [5, 5.41) is 0.322. The number of nitrogens with zero attached hydrogens (tertiary/aromatic N) is 2. The van der Waals surface area contributed by atoms with Crippen LogP contribution in [0.25, 0.3) is 0 Å². The smallest absolute Gasteiger partial charge is 0.255 e. The van der Waals surface area contributed by atoms with Crippen LogP contribution in [-0.2, 0) is 19.4 Å². The van der Waals surface area contributed by atoms with E-state index in [0.29, 0.717) is 10.6 Å². The molecule has 25 heavy (non-hydrogen) atoms. The van der Waals surface area contributed by atoms with Crippen molar-refractivity contribution >= 4 is 33.3 Å². The predicted molar refractivity (Wildman–Crippen MR) is 92.3 cm³/mol. The Morgan fingerprint density at radius 1 is 1.16 bits per heavy atom. The van der Waals surface area contributed by atoms with Gasteiger partial charge in [-0.25, -0.2) is 8.42 Å². The molecule has 3 rings (SSSR count). The lowest BCUT2D eigenvalue weighted by atomic mass is 10.0. The third-order valence-electron chi connectivity index (χ3n) is 4.63. The molecule has 136 valence electrons. The number of halogens is 1. The molecule has 9 heteroatoms. The molecule has 1 aromatic rings. The fraction of sp³-hybridized carbons (Fsp3) is 0.500. The normalized spacial score (nSPS) is 24.9. The van der Waals surface area contributed by atoms with E-state index < -0.39 is 21.9 Å². The number of ether oxygens (including phenoxy) is 1. The van der Waals surface area contributed by atoms with Gasteiger partial charge in [-0.05, 0) is 12.1 Å². The second-order valence-corrected chi connectivity index (χ2v) is 8.77. The number of sulfone groups is 1. The van der Waals surface area contributed by atoms with E-state index in [9.17, 15) is 18.0 Å². The molecule has 1 aromatic carbocycles. The summed E-state index contributed by atoms with van der Waals surface area (Å²) in [6.45, 7) is 0.424. The first-order valence-corrected chi connectivity index (χ1v) is 10.1. The topological polar surface area (TPSA) is 84.0 Å². The first-order chi connectivity index (χ1) is 11.8. The van der Waals surface area contributed by atoms with Gasteiger partial charge in [-0.2, -0.15) is 0 Å². The van der Waals surface area contributed by atoms with Crippen LogP contribution in [0.2, 0.25) is 5.02 Å². The Hall–Kier alpha value is -1.64. The van der Waals surface area contributed by atoms with Crippen LogP contribution in [0, 0.1) is 0 Å². The van der Waals surface area contributed by atoms with Crippen molar-refractivity contribution in [3.8, 4) is 0 Å². The minimum atomic E-state index is -3.33. The highest BCUT2D eigenvalue weighted by atomic mass is 35.5. The molecule has 0 aliphatic carbocycles. The summed E-state index contributed by atoms with van der Waals surface area (Å²) in [6.07, 6.45) is 0. The molecule has 0 spiro atoms. The van der Waals surface area contributed by atoms with E-state index in [2.05, 4.69) is 0 Å². The van der Waals surface area contributed by atoms with Crippen LogP contribution in [0.3, 0.4) is 0 Å². The van der Waals surface area contributed by atoms with Gasteiger partial charge >= 0.3 is 0 Å². The monoisotopic (exact) mass is 386 g/mol. The van der Waals surface area contributed by atoms with E-state index in [1.807, 2.05) is 0 Å². The summed E-state index contributed by atoms with van der Waals surface area (Å²) >= 11 is 6.11. The number of amides is 2. The van der Waals surface area contributed by atoms with E-state index >= 15 is 0 Å². The molecule has 0 N–H and O–H groups in total. The second kappa shape index (κ2) is 6.93. The first kappa shape index (κ1) is 18.2. The molecule has 2 amide bonds. The molecule has 2 saturated heterocycles. The average Bonchev–Trinajstić information content (AvgIpc) is 2.88. The van der Waals surface area contributed by atoms with Crippen LogP contribution in [0.15, 0.2) is 24.3 Å². The van der Waals surface area contributed by atoms with Gasteiger partial charge in [0.05, 0.1) is 34.2 Å². The standard InChI is InChI=1S/C16H19ClN2O5S/c1-24-8-15(20)18-6-7-19(14-10-25(22,23)9-13(14)18)16(21)11-4-2-3-5-12(11)17/h2-5,13-14H,6-10H2,1H3/t13-,14+/m0/s1. The molecule has 2 atom stereocenters. The zero-order valence-corrected chi connectivity index (χ0v) is 15.3. The van der Waals surface area contributed by atoms with E-state index in [0.717, 1.165) is 0 Å². The highest BCUT2D eigenvalue weighted by Gasteiger charge is 2.49. The van der Waals surface area contributed by atoms with Crippen molar-refractivity contribution in [2.75, 3.05) is 38.3 Å². The number of fused-ring (bicyclic) bond motifs is 1. The molecule has 2 fully saturated rings. The molecule has 0 radical (unpaired) electrons. The maximum atomic E-state index is 12.9. The van der Waals surface area contributed by atoms with Crippen molar-refractivity contribution in [1.82, 2.24) is 9.80 Å². The first-order valence-electron chi connectivity index (χ1n) is 7.88. The highest BCUT2D eigenvalue weighted by molar-refractivity contribution is 7.91. The number of hydrogen-bond acceptors (Lipinski definition) is 5. The lowest BCUT2D eigenvalue weighted by molar-refractivity contribution is -0.140. The average molecular weight is 387 g/mol. The third kappa shape index (κ3) is 3.51. The number of carbonyl (C=O) groups is 2. The van der Waals surface area contributed by atoms with Gasteiger partial charge in [0.2, 0.25) is 5.91 Å². The molecular formula is C16H19ClN2O5S. The van der Waals surface area contributed by atoms with Crippen molar-refractivity contribution < 1.29 is 22.7 Å². The second-order valence-electron chi connectivity index (χ2n) is 6.21. The van der Waals surface area contributed by atoms with Gasteiger partial charge in [0.25, 0.3) is 5.91 Å². The zero-order chi connectivity index (χ0) is 18.2. The number of benzene rings is 1. The molecule has 2 heterocycles. The van der Waals surface area contributed by atoms with Crippen molar-refractivity contribution in [3.05, 3.63) is 34.9 Å². The Balaban J connectivity index is 1.90. The molecule has 0 bridgehead atoms. The SMILES string of the molecule is COCC(=O)N1CCN(C(=O)c2ccccc2Cl)[C@@H]2CS(=O)(=O)C[C@@H]21. The van der Waals surface area contributed by atoms with E-state index in [1.165, 1.54) is 16.9 Å². The van der Waals surface area contributed by atoms with E-state index in [-0.39, 0.29) is 43.0 Å². The van der Waals surface area contributed by atoms with Crippen LogP contribution >= 0.6 is 11.6 Å². The molecule has 7 nitrogen and oxygen atoms in total. The Labute approximate surface area is 151 Å². The number of carbonyl (C=O) groups excluding carboxylic acids is 2. The fourth-order valence-electron chi connectivity index (χ4n) is 3.51. The maximum Gasteiger partial charge on any atom is 0.255 e. The fourth-order valence-corrected chi connectivity index (χ4v) is 5.71. The quantitative estimate of drug-likeness (QED) is 0.752. The maximum absolute atomic E-state index is 12.9. The summed E-state index contributed by atoms with van der Waals surface area (Å²) in [7, 11) is -1.92. The number of rotatable bonds is 3. The van der Waals surface area contributed by atoms with Crippen molar-refractivity contribution in [2.45, 2.75) is 12.1 Å². The number of methoxy groups -OCH3 is 1. The largest absolute Gasteiger partial charge is 0.375 e. The molecule has 0 unspecified atom stereocenters. The summed E-state index contributed by atoms with van der Waals surface area (Å²) in [5.74, 6) is -0.861. The van der Waals surface area contributed by atoms with Gasteiger partial charge in [-0.1, -0.05) is 23.7 Å². The number of piperazine rings is 1.